The van der Waals surface area contributed by atoms with Crippen LogP contribution in [0.25, 0.3) is 0 Å². The predicted octanol–water partition coefficient (Wildman–Crippen LogP) is 4.92. The summed E-state index contributed by atoms with van der Waals surface area (Å²) in [6.45, 7) is 9.63. The molecule has 3 rings (SSSR count). The maximum Gasteiger partial charge on any atom is 0.327 e. The van der Waals surface area contributed by atoms with E-state index in [2.05, 4.69) is 47.7 Å². The largest absolute Gasteiger partial charge is 0.327 e. The van der Waals surface area contributed by atoms with Gasteiger partial charge in [0, 0.05) is 44.5 Å². The fraction of sp³-hybridized carbons (Fsp3) is 0.630. The Hall–Kier alpha value is -2.54. The van der Waals surface area contributed by atoms with Crippen LogP contribution in [0, 0.1) is 0 Å². The van der Waals surface area contributed by atoms with E-state index in [1.807, 2.05) is 30.0 Å². The lowest BCUT2D eigenvalue weighted by molar-refractivity contribution is -0.128. The fourth-order valence-corrected chi connectivity index (χ4v) is 4.69. The summed E-state index contributed by atoms with van der Waals surface area (Å²) in [6, 6.07) is 9.95. The Morgan fingerprint density at radius 3 is 2.41 bits per heavy atom. The molecule has 0 unspecified atom stereocenters. The number of carbonyl (C=O) groups is 2. The van der Waals surface area contributed by atoms with Crippen molar-refractivity contribution in [3.05, 3.63) is 47.8 Å². The third-order valence-corrected chi connectivity index (χ3v) is 6.66. The number of allylic oxidation sites excluding steroid dienone is 1. The van der Waals surface area contributed by atoms with Crippen molar-refractivity contribution in [3.8, 4) is 0 Å². The minimum absolute atomic E-state index is 0.0747. The van der Waals surface area contributed by atoms with E-state index < -0.39 is 0 Å². The summed E-state index contributed by atoms with van der Waals surface area (Å²) in [5.41, 5.74) is 6.02. The van der Waals surface area contributed by atoms with E-state index >= 15 is 0 Å². The zero-order valence-corrected chi connectivity index (χ0v) is 21.3. The maximum atomic E-state index is 13.1. The molecular weight excluding hydrogens is 426 g/mol. The van der Waals surface area contributed by atoms with Gasteiger partial charge in [0.15, 0.2) is 0 Å². The molecule has 34 heavy (non-hydrogen) atoms. The minimum Gasteiger partial charge on any atom is -0.322 e. The number of nitrogens with zero attached hydrogens (tertiary/aromatic N) is 4. The number of hydrogen-bond donors (Lipinski definition) is 1. The Labute approximate surface area is 205 Å². The molecule has 7 heteroatoms. The van der Waals surface area contributed by atoms with Gasteiger partial charge in [0.05, 0.1) is 6.04 Å². The summed E-state index contributed by atoms with van der Waals surface area (Å²) in [7, 11) is 0. The maximum absolute atomic E-state index is 13.1. The van der Waals surface area contributed by atoms with Crippen LogP contribution >= 0.6 is 0 Å². The van der Waals surface area contributed by atoms with Crippen LogP contribution in [-0.4, -0.2) is 64.0 Å². The van der Waals surface area contributed by atoms with Crippen LogP contribution in [0.2, 0.25) is 0 Å². The summed E-state index contributed by atoms with van der Waals surface area (Å²) in [5, 5.41) is 4.50. The monoisotopic (exact) mass is 469 g/mol. The van der Waals surface area contributed by atoms with Gasteiger partial charge in [-0.15, -0.1) is 5.53 Å². The van der Waals surface area contributed by atoms with Gasteiger partial charge in [0.2, 0.25) is 5.91 Å². The molecule has 0 bridgehead atoms. The first-order valence-electron chi connectivity index (χ1n) is 13.2. The number of rotatable bonds is 14. The highest BCUT2D eigenvalue weighted by Gasteiger charge is 2.40. The third-order valence-electron chi connectivity index (χ3n) is 6.66. The van der Waals surface area contributed by atoms with Crippen molar-refractivity contribution >= 4 is 11.9 Å². The third kappa shape index (κ3) is 6.98. The highest BCUT2D eigenvalue weighted by molar-refractivity contribution is 5.96. The van der Waals surface area contributed by atoms with E-state index in [0.29, 0.717) is 25.9 Å². The van der Waals surface area contributed by atoms with Gasteiger partial charge in [0.1, 0.15) is 0 Å². The van der Waals surface area contributed by atoms with Crippen molar-refractivity contribution in [2.24, 2.45) is 0 Å². The lowest BCUT2D eigenvalue weighted by atomic mass is 10.1. The molecule has 0 aliphatic carbocycles. The van der Waals surface area contributed by atoms with E-state index in [9.17, 15) is 9.59 Å². The Balaban J connectivity index is 1.52. The van der Waals surface area contributed by atoms with Crippen molar-refractivity contribution in [1.82, 2.24) is 25.4 Å². The summed E-state index contributed by atoms with van der Waals surface area (Å²) in [6.07, 6.45) is 11.0. The molecule has 7 nitrogen and oxygen atoms in total. The number of unbranched alkanes of at least 4 members (excludes halogenated alkanes) is 3. The van der Waals surface area contributed by atoms with Gasteiger partial charge in [-0.05, 0) is 44.1 Å². The first-order chi connectivity index (χ1) is 16.6. The van der Waals surface area contributed by atoms with Gasteiger partial charge in [0.25, 0.3) is 0 Å². The Morgan fingerprint density at radius 1 is 0.971 bits per heavy atom. The smallest absolute Gasteiger partial charge is 0.322 e. The molecule has 0 spiro atoms. The molecule has 2 aliphatic heterocycles. The van der Waals surface area contributed by atoms with Crippen LogP contribution in [0.15, 0.2) is 42.2 Å². The number of hydrogen-bond acceptors (Lipinski definition) is 5. The highest BCUT2D eigenvalue weighted by Crippen LogP contribution is 2.23. The number of benzene rings is 1. The van der Waals surface area contributed by atoms with E-state index in [-0.39, 0.29) is 18.0 Å². The van der Waals surface area contributed by atoms with Gasteiger partial charge >= 0.3 is 6.03 Å². The summed E-state index contributed by atoms with van der Waals surface area (Å²) in [5.74, 6) is -0.0747. The standard InChI is InChI=1S/C27H43N5O2/c1-4-7-18-30-22-24(31(28-30)19-8-5-2)16-12-13-17-29-21-25(20-23-14-10-9-11-15-23)32(27(29)34)26(33)6-3/h9-11,14-15,22,25,28H,4-8,12-13,16-21H2,1-3H3/t25-/m0/s1. The van der Waals surface area contributed by atoms with Crippen LogP contribution in [-0.2, 0) is 11.2 Å². The second-order valence-electron chi connectivity index (χ2n) is 9.42. The van der Waals surface area contributed by atoms with Crippen molar-refractivity contribution in [2.45, 2.75) is 84.6 Å². The van der Waals surface area contributed by atoms with E-state index in [0.717, 1.165) is 37.9 Å². The quantitative estimate of drug-likeness (QED) is 0.392. The number of carbonyl (C=O) groups excluding carboxylic acids is 2. The van der Waals surface area contributed by atoms with Gasteiger partial charge in [-0.2, -0.15) is 0 Å². The lowest BCUT2D eigenvalue weighted by Crippen LogP contribution is -2.41. The highest BCUT2D eigenvalue weighted by atomic mass is 16.2. The minimum atomic E-state index is -0.121. The van der Waals surface area contributed by atoms with Gasteiger partial charge in [-0.1, -0.05) is 63.9 Å². The second kappa shape index (κ2) is 13.4. The molecule has 0 saturated carbocycles. The normalized spacial score (nSPS) is 18.3. The molecule has 1 aromatic rings. The van der Waals surface area contributed by atoms with Crippen molar-refractivity contribution in [2.75, 3.05) is 26.2 Å². The first kappa shape index (κ1) is 26.1. The molecule has 1 N–H and O–H groups in total. The Kier molecular flexibility index (Phi) is 10.3. The lowest BCUT2D eigenvalue weighted by Gasteiger charge is -2.25. The molecule has 3 amide bonds. The molecule has 188 valence electrons. The fourth-order valence-electron chi connectivity index (χ4n) is 4.69. The van der Waals surface area contributed by atoms with E-state index in [1.54, 1.807) is 0 Å². The molecule has 2 heterocycles. The van der Waals surface area contributed by atoms with Gasteiger partial charge in [-0.25, -0.2) is 4.79 Å². The van der Waals surface area contributed by atoms with Crippen LogP contribution < -0.4 is 5.53 Å². The Morgan fingerprint density at radius 2 is 1.71 bits per heavy atom. The molecule has 2 aliphatic rings. The van der Waals surface area contributed by atoms with Crippen molar-refractivity contribution in [1.29, 1.82) is 0 Å². The predicted molar refractivity (Wildman–Crippen MR) is 136 cm³/mol. The molecule has 1 saturated heterocycles. The van der Waals surface area contributed by atoms with Crippen molar-refractivity contribution in [3.63, 3.8) is 0 Å². The average molecular weight is 470 g/mol. The first-order valence-corrected chi connectivity index (χ1v) is 13.2. The van der Waals surface area contributed by atoms with Gasteiger partial charge in [-0.3, -0.25) is 19.7 Å². The number of amides is 3. The molecule has 1 aromatic carbocycles. The zero-order chi connectivity index (χ0) is 24.3. The summed E-state index contributed by atoms with van der Waals surface area (Å²) in [4.78, 5) is 29.0. The van der Waals surface area contributed by atoms with Crippen LogP contribution in [0.5, 0.6) is 0 Å². The Bertz CT molecular complexity index is 812. The molecular formula is C27H43N5O2. The number of nitrogens with one attached hydrogen (secondary N) is 1. The van der Waals surface area contributed by atoms with Gasteiger partial charge < -0.3 is 4.90 Å². The zero-order valence-electron chi connectivity index (χ0n) is 21.3. The van der Waals surface area contributed by atoms with Crippen LogP contribution in [0.1, 0.15) is 77.7 Å². The molecule has 0 aromatic heterocycles. The SMILES string of the molecule is CCCCN1C=C(CCCCN2C[C@H](Cc3ccccc3)N(C(=O)CC)C2=O)N(CCCC)N1. The van der Waals surface area contributed by atoms with E-state index in [1.165, 1.54) is 36.3 Å². The molecule has 1 atom stereocenters. The van der Waals surface area contributed by atoms with E-state index in [4.69, 9.17) is 0 Å². The summed E-state index contributed by atoms with van der Waals surface area (Å²) >= 11 is 0. The van der Waals surface area contributed by atoms with Crippen LogP contribution in [0.4, 0.5) is 4.79 Å². The topological polar surface area (TPSA) is 59.1 Å². The average Bonchev–Trinajstić information content (AvgIpc) is 3.38. The number of urea groups is 1. The number of imide groups is 1. The molecule has 1 fully saturated rings. The molecule has 0 radical (unpaired) electrons. The number of hydrazine groups is 2. The summed E-state index contributed by atoms with van der Waals surface area (Å²) < 4.78 is 0. The van der Waals surface area contributed by atoms with Crippen molar-refractivity contribution < 1.29 is 9.59 Å². The second-order valence-corrected chi connectivity index (χ2v) is 9.42. The van der Waals surface area contributed by atoms with Crippen LogP contribution in [0.3, 0.4) is 0 Å².